The van der Waals surface area contributed by atoms with Gasteiger partial charge in [-0.05, 0) is 39.3 Å². The van der Waals surface area contributed by atoms with E-state index in [4.69, 9.17) is 0 Å². The van der Waals surface area contributed by atoms with Crippen molar-refractivity contribution in [2.75, 3.05) is 27.2 Å². The molecule has 2 rings (SSSR count). The van der Waals surface area contributed by atoms with E-state index in [0.29, 0.717) is 6.54 Å². The van der Waals surface area contributed by atoms with Crippen LogP contribution in [0.15, 0.2) is 12.2 Å². The topological polar surface area (TPSA) is 49.4 Å². The number of fused-ring (bicyclic) bond motifs is 2. The molecule has 1 saturated carbocycles. The van der Waals surface area contributed by atoms with Gasteiger partial charge in [0.05, 0.1) is 5.92 Å². The average molecular weight is 250 g/mol. The summed E-state index contributed by atoms with van der Waals surface area (Å²) in [6, 6.07) is 0. The van der Waals surface area contributed by atoms with Crippen LogP contribution < -0.4 is 5.32 Å². The Balaban J connectivity index is 1.96. The van der Waals surface area contributed by atoms with Crippen molar-refractivity contribution in [3.8, 4) is 0 Å². The van der Waals surface area contributed by atoms with Gasteiger partial charge < -0.3 is 10.2 Å². The smallest absolute Gasteiger partial charge is 0.224 e. The molecule has 4 nitrogen and oxygen atoms in total. The number of hydrogen-bond acceptors (Lipinski definition) is 3. The lowest BCUT2D eigenvalue weighted by atomic mass is 9.80. The van der Waals surface area contributed by atoms with Crippen LogP contribution in [0, 0.1) is 23.7 Å². The standard InChI is InChI=1S/C14H22N2O2/c1-9(17)12-10-4-5-11(8-10)13(12)14(18)15-6-7-16(2)3/h4-5,10-13H,6-8H2,1-3H3,(H,15,18)/t10?,11?,12-,13+/m0/s1. The van der Waals surface area contributed by atoms with E-state index in [9.17, 15) is 9.59 Å². The van der Waals surface area contributed by atoms with Crippen molar-refractivity contribution in [3.63, 3.8) is 0 Å². The largest absolute Gasteiger partial charge is 0.355 e. The summed E-state index contributed by atoms with van der Waals surface area (Å²) >= 11 is 0. The predicted molar refractivity (Wildman–Crippen MR) is 70.0 cm³/mol. The summed E-state index contributed by atoms with van der Waals surface area (Å²) in [7, 11) is 3.95. The zero-order valence-electron chi connectivity index (χ0n) is 11.3. The third kappa shape index (κ3) is 2.48. The number of carbonyl (C=O) groups is 2. The van der Waals surface area contributed by atoms with Gasteiger partial charge in [-0.3, -0.25) is 9.59 Å². The van der Waals surface area contributed by atoms with E-state index in [-0.39, 0.29) is 35.4 Å². The first-order valence-electron chi connectivity index (χ1n) is 6.62. The Labute approximate surface area is 108 Å². The lowest BCUT2D eigenvalue weighted by Crippen LogP contribution is -2.41. The number of allylic oxidation sites excluding steroid dienone is 2. The number of hydrogen-bond donors (Lipinski definition) is 1. The van der Waals surface area contributed by atoms with Gasteiger partial charge in [0, 0.05) is 19.0 Å². The molecule has 2 aliphatic carbocycles. The maximum atomic E-state index is 12.2. The lowest BCUT2D eigenvalue weighted by Gasteiger charge is -2.25. The second kappa shape index (κ2) is 5.22. The summed E-state index contributed by atoms with van der Waals surface area (Å²) in [5.74, 6) is 0.521. The van der Waals surface area contributed by atoms with Gasteiger partial charge in [0.15, 0.2) is 0 Å². The highest BCUT2D eigenvalue weighted by atomic mass is 16.2. The minimum Gasteiger partial charge on any atom is -0.355 e. The van der Waals surface area contributed by atoms with E-state index in [0.717, 1.165) is 13.0 Å². The van der Waals surface area contributed by atoms with Crippen LogP contribution in [0.3, 0.4) is 0 Å². The number of nitrogens with zero attached hydrogens (tertiary/aromatic N) is 1. The van der Waals surface area contributed by atoms with Gasteiger partial charge in [0.2, 0.25) is 5.91 Å². The van der Waals surface area contributed by atoms with Gasteiger partial charge >= 0.3 is 0 Å². The van der Waals surface area contributed by atoms with Crippen LogP contribution in [0.2, 0.25) is 0 Å². The van der Waals surface area contributed by atoms with E-state index >= 15 is 0 Å². The van der Waals surface area contributed by atoms with Gasteiger partial charge in [-0.2, -0.15) is 0 Å². The van der Waals surface area contributed by atoms with Crippen molar-refractivity contribution in [1.29, 1.82) is 0 Å². The molecule has 1 fully saturated rings. The first kappa shape index (κ1) is 13.3. The maximum Gasteiger partial charge on any atom is 0.224 e. The van der Waals surface area contributed by atoms with Gasteiger partial charge in [0.1, 0.15) is 5.78 Å². The molecule has 1 N–H and O–H groups in total. The lowest BCUT2D eigenvalue weighted by molar-refractivity contribution is -0.133. The fourth-order valence-corrected chi connectivity index (χ4v) is 3.25. The van der Waals surface area contributed by atoms with Crippen LogP contribution in [0.1, 0.15) is 13.3 Å². The maximum absolute atomic E-state index is 12.2. The molecule has 0 saturated heterocycles. The number of ketones is 1. The van der Waals surface area contributed by atoms with Crippen molar-refractivity contribution in [2.45, 2.75) is 13.3 Å². The van der Waals surface area contributed by atoms with Crippen molar-refractivity contribution < 1.29 is 9.59 Å². The number of amides is 1. The second-order valence-corrected chi connectivity index (χ2v) is 5.70. The molecular formula is C14H22N2O2. The molecule has 4 atom stereocenters. The molecule has 2 aliphatic rings. The Kier molecular flexibility index (Phi) is 3.85. The summed E-state index contributed by atoms with van der Waals surface area (Å²) in [6.45, 7) is 3.08. The molecule has 0 aromatic heterocycles. The third-order valence-corrected chi connectivity index (χ3v) is 4.09. The van der Waals surface area contributed by atoms with E-state index < -0.39 is 0 Å². The zero-order chi connectivity index (χ0) is 13.3. The molecule has 2 unspecified atom stereocenters. The van der Waals surface area contributed by atoms with Crippen molar-refractivity contribution in [3.05, 3.63) is 12.2 Å². The van der Waals surface area contributed by atoms with Crippen LogP contribution in [0.4, 0.5) is 0 Å². The van der Waals surface area contributed by atoms with E-state index in [1.54, 1.807) is 6.92 Å². The number of carbonyl (C=O) groups excluding carboxylic acids is 2. The molecule has 4 heteroatoms. The van der Waals surface area contributed by atoms with Crippen molar-refractivity contribution in [1.82, 2.24) is 10.2 Å². The molecule has 0 aliphatic heterocycles. The van der Waals surface area contributed by atoms with E-state index in [2.05, 4.69) is 17.5 Å². The molecule has 2 bridgehead atoms. The van der Waals surface area contributed by atoms with Crippen LogP contribution in [-0.4, -0.2) is 43.8 Å². The first-order chi connectivity index (χ1) is 8.50. The number of nitrogens with one attached hydrogen (secondary N) is 1. The molecule has 0 heterocycles. The Morgan fingerprint density at radius 1 is 1.22 bits per heavy atom. The highest BCUT2D eigenvalue weighted by Gasteiger charge is 2.49. The van der Waals surface area contributed by atoms with Crippen LogP contribution in [0.25, 0.3) is 0 Å². The predicted octanol–water partition coefficient (Wildman–Crippen LogP) is 0.691. The van der Waals surface area contributed by atoms with Crippen LogP contribution in [0.5, 0.6) is 0 Å². The summed E-state index contributed by atoms with van der Waals surface area (Å²) in [4.78, 5) is 26.0. The van der Waals surface area contributed by atoms with E-state index in [1.165, 1.54) is 0 Å². The minimum absolute atomic E-state index is 0.0499. The molecule has 0 aromatic carbocycles. The average Bonchev–Trinajstić information content (AvgIpc) is 2.87. The molecule has 0 spiro atoms. The molecule has 0 aromatic rings. The summed E-state index contributed by atoms with van der Waals surface area (Å²) in [5.41, 5.74) is 0. The molecular weight excluding hydrogens is 228 g/mol. The van der Waals surface area contributed by atoms with Gasteiger partial charge in [-0.1, -0.05) is 12.2 Å². The quantitative estimate of drug-likeness (QED) is 0.730. The van der Waals surface area contributed by atoms with Crippen molar-refractivity contribution >= 4 is 11.7 Å². The fraction of sp³-hybridized carbons (Fsp3) is 0.714. The molecule has 100 valence electrons. The zero-order valence-corrected chi connectivity index (χ0v) is 11.3. The van der Waals surface area contributed by atoms with Crippen LogP contribution in [-0.2, 0) is 9.59 Å². The van der Waals surface area contributed by atoms with Gasteiger partial charge in [-0.15, -0.1) is 0 Å². The Morgan fingerprint density at radius 2 is 1.83 bits per heavy atom. The van der Waals surface area contributed by atoms with Crippen molar-refractivity contribution in [2.24, 2.45) is 23.7 Å². The Morgan fingerprint density at radius 3 is 2.39 bits per heavy atom. The summed E-state index contributed by atoms with van der Waals surface area (Å²) < 4.78 is 0. The Hall–Kier alpha value is -1.16. The molecule has 0 radical (unpaired) electrons. The first-order valence-corrected chi connectivity index (χ1v) is 6.62. The SMILES string of the molecule is CC(=O)[C@H]1C2C=CC(C2)[C@H]1C(=O)NCCN(C)C. The van der Waals surface area contributed by atoms with Gasteiger partial charge in [0.25, 0.3) is 0 Å². The Bertz CT molecular complexity index is 376. The number of rotatable bonds is 5. The fourth-order valence-electron chi connectivity index (χ4n) is 3.25. The molecule has 1 amide bonds. The van der Waals surface area contributed by atoms with Gasteiger partial charge in [-0.25, -0.2) is 0 Å². The third-order valence-electron chi connectivity index (χ3n) is 4.09. The van der Waals surface area contributed by atoms with Crippen LogP contribution >= 0.6 is 0 Å². The second-order valence-electron chi connectivity index (χ2n) is 5.70. The normalized spacial score (nSPS) is 33.1. The number of likely N-dealkylation sites (N-methyl/N-ethyl adjacent to an activating group) is 1. The van der Waals surface area contributed by atoms with E-state index in [1.807, 2.05) is 19.0 Å². The summed E-state index contributed by atoms with van der Waals surface area (Å²) in [5, 5.41) is 2.96. The summed E-state index contributed by atoms with van der Waals surface area (Å²) in [6.07, 6.45) is 5.19. The molecule has 18 heavy (non-hydrogen) atoms. The minimum atomic E-state index is -0.139. The number of Topliss-reactive ketones (excluding diaryl/α,β-unsaturated/α-hetero) is 1. The highest BCUT2D eigenvalue weighted by molar-refractivity contribution is 5.89. The highest BCUT2D eigenvalue weighted by Crippen LogP contribution is 2.48. The monoisotopic (exact) mass is 250 g/mol.